The van der Waals surface area contributed by atoms with E-state index in [1.54, 1.807) is 0 Å². The molecule has 0 spiro atoms. The van der Waals surface area contributed by atoms with E-state index in [1.165, 1.54) is 11.8 Å². The van der Waals surface area contributed by atoms with Gasteiger partial charge in [-0.15, -0.1) is 0 Å². The molecule has 7 heteroatoms. The molecule has 1 aliphatic rings. The average molecular weight is 260 g/mol. The van der Waals surface area contributed by atoms with Gasteiger partial charge in [0.1, 0.15) is 5.54 Å². The average Bonchev–Trinajstić information content (AvgIpc) is 3.12. The molecule has 1 aliphatic carbocycles. The number of hydrogen-bond donors (Lipinski definition) is 4. The molecule has 0 aromatic rings. The van der Waals surface area contributed by atoms with E-state index in [4.69, 9.17) is 10.2 Å². The quantitative estimate of drug-likeness (QED) is 0.481. The second kappa shape index (κ2) is 6.01. The molecule has 104 valence electrons. The number of hydrogen-bond acceptors (Lipinski definition) is 4. The highest BCUT2D eigenvalue weighted by Gasteiger charge is 2.49. The molecule has 18 heavy (non-hydrogen) atoms. The monoisotopic (exact) mass is 260 g/mol. The first-order valence-corrected chi connectivity index (χ1v) is 5.98. The maximum absolute atomic E-state index is 11.9. The molecular formula is C11H20N2O5. The summed E-state index contributed by atoms with van der Waals surface area (Å²) in [5, 5.41) is 29.3. The van der Waals surface area contributed by atoms with Gasteiger partial charge in [0.25, 0.3) is 0 Å². The Bertz CT molecular complexity index is 313. The summed E-state index contributed by atoms with van der Waals surface area (Å²) in [5.74, 6) is -1.12. The normalized spacial score (nSPS) is 17.9. The molecule has 7 nitrogen and oxygen atoms in total. The largest absolute Gasteiger partial charge is 0.480 e. The maximum atomic E-state index is 11.9. The minimum Gasteiger partial charge on any atom is -0.480 e. The molecule has 0 bridgehead atoms. The summed E-state index contributed by atoms with van der Waals surface area (Å²) >= 11 is 0. The van der Waals surface area contributed by atoms with E-state index in [9.17, 15) is 14.7 Å². The summed E-state index contributed by atoms with van der Waals surface area (Å²) in [5.41, 5.74) is -1.28. The molecular weight excluding hydrogens is 240 g/mol. The Morgan fingerprint density at radius 3 is 2.11 bits per heavy atom. The van der Waals surface area contributed by atoms with Gasteiger partial charge in [-0.25, -0.2) is 9.59 Å². The van der Waals surface area contributed by atoms with Crippen molar-refractivity contribution in [2.24, 2.45) is 5.92 Å². The number of carboxylic acid groups (broad SMARTS) is 1. The van der Waals surface area contributed by atoms with E-state index < -0.39 is 17.5 Å². The summed E-state index contributed by atoms with van der Waals surface area (Å²) < 4.78 is 0. The predicted molar refractivity (Wildman–Crippen MR) is 63.0 cm³/mol. The van der Waals surface area contributed by atoms with Gasteiger partial charge >= 0.3 is 12.0 Å². The van der Waals surface area contributed by atoms with Crippen LogP contribution in [-0.4, -0.2) is 64.1 Å². The Labute approximate surface area is 105 Å². The van der Waals surface area contributed by atoms with Crippen molar-refractivity contribution < 1.29 is 24.9 Å². The Morgan fingerprint density at radius 1 is 1.28 bits per heavy atom. The fraction of sp³-hybridized carbons (Fsp3) is 0.818. The number of nitrogens with zero attached hydrogens (tertiary/aromatic N) is 1. The summed E-state index contributed by atoms with van der Waals surface area (Å²) in [6.45, 7) is 1.14. The third-order valence-corrected chi connectivity index (χ3v) is 3.23. The molecule has 0 saturated heterocycles. The highest BCUT2D eigenvalue weighted by atomic mass is 16.4. The molecule has 4 N–H and O–H groups in total. The molecule has 1 saturated carbocycles. The van der Waals surface area contributed by atoms with Gasteiger partial charge in [-0.3, -0.25) is 0 Å². The number of nitrogens with one attached hydrogen (secondary N) is 1. The molecule has 0 aromatic heterocycles. The van der Waals surface area contributed by atoms with Gasteiger partial charge in [0, 0.05) is 13.1 Å². The number of urea groups is 1. The van der Waals surface area contributed by atoms with Crippen LogP contribution in [0.5, 0.6) is 0 Å². The van der Waals surface area contributed by atoms with Gasteiger partial charge in [-0.2, -0.15) is 0 Å². The fourth-order valence-electron chi connectivity index (χ4n) is 1.85. The van der Waals surface area contributed by atoms with Crippen molar-refractivity contribution in [1.82, 2.24) is 10.2 Å². The number of carbonyl (C=O) groups excluding carboxylic acids is 1. The molecule has 0 aromatic carbocycles. The summed E-state index contributed by atoms with van der Waals surface area (Å²) in [7, 11) is 0. The minimum atomic E-state index is -1.28. The van der Waals surface area contributed by atoms with Crippen LogP contribution in [0, 0.1) is 5.92 Å². The zero-order valence-electron chi connectivity index (χ0n) is 10.4. The summed E-state index contributed by atoms with van der Waals surface area (Å²) in [6, 6.07) is -0.574. The van der Waals surface area contributed by atoms with Gasteiger partial charge < -0.3 is 25.5 Å². The van der Waals surface area contributed by atoms with Crippen molar-refractivity contribution >= 4 is 12.0 Å². The molecule has 1 atom stereocenters. The van der Waals surface area contributed by atoms with Gasteiger partial charge in [0.05, 0.1) is 13.2 Å². The highest BCUT2D eigenvalue weighted by Crippen LogP contribution is 2.39. The second-order valence-electron chi connectivity index (χ2n) is 4.65. The Morgan fingerprint density at radius 2 is 1.78 bits per heavy atom. The van der Waals surface area contributed by atoms with Crippen molar-refractivity contribution in [3.63, 3.8) is 0 Å². The summed E-state index contributed by atoms with van der Waals surface area (Å²) in [4.78, 5) is 24.3. The van der Waals surface area contributed by atoms with Crippen LogP contribution in [0.25, 0.3) is 0 Å². The van der Waals surface area contributed by atoms with Crippen molar-refractivity contribution in [3.05, 3.63) is 0 Å². The topological polar surface area (TPSA) is 110 Å². The smallest absolute Gasteiger partial charge is 0.329 e. The second-order valence-corrected chi connectivity index (χ2v) is 4.65. The number of aliphatic carboxylic acids is 1. The third-order valence-electron chi connectivity index (χ3n) is 3.23. The molecule has 0 radical (unpaired) electrons. The van der Waals surface area contributed by atoms with Crippen LogP contribution in [0.1, 0.15) is 19.8 Å². The van der Waals surface area contributed by atoms with Crippen molar-refractivity contribution in [3.8, 4) is 0 Å². The van der Waals surface area contributed by atoms with Gasteiger partial charge in [-0.1, -0.05) is 0 Å². The van der Waals surface area contributed by atoms with Crippen LogP contribution in [0.4, 0.5) is 4.79 Å². The number of aliphatic hydroxyl groups excluding tert-OH is 2. The first kappa shape index (κ1) is 14.7. The van der Waals surface area contributed by atoms with Crippen LogP contribution in [-0.2, 0) is 4.79 Å². The lowest BCUT2D eigenvalue weighted by Gasteiger charge is -2.30. The Kier molecular flexibility index (Phi) is 4.92. The maximum Gasteiger partial charge on any atom is 0.329 e. The SMILES string of the molecule is CC(NC(=O)N(CCO)CCO)(C(=O)O)C1CC1. The van der Waals surface area contributed by atoms with E-state index >= 15 is 0 Å². The molecule has 1 fully saturated rings. The van der Waals surface area contributed by atoms with Crippen LogP contribution in [0.15, 0.2) is 0 Å². The summed E-state index contributed by atoms with van der Waals surface area (Å²) in [6.07, 6.45) is 1.56. The van der Waals surface area contributed by atoms with Crippen molar-refractivity contribution in [2.75, 3.05) is 26.3 Å². The van der Waals surface area contributed by atoms with E-state index in [0.29, 0.717) is 0 Å². The van der Waals surface area contributed by atoms with Crippen LogP contribution >= 0.6 is 0 Å². The van der Waals surface area contributed by atoms with E-state index in [0.717, 1.165) is 12.8 Å². The lowest BCUT2D eigenvalue weighted by atomic mass is 9.96. The Hall–Kier alpha value is -1.34. The van der Waals surface area contributed by atoms with Crippen LogP contribution < -0.4 is 5.32 Å². The first-order valence-electron chi connectivity index (χ1n) is 5.98. The first-order chi connectivity index (χ1) is 8.45. The zero-order valence-corrected chi connectivity index (χ0v) is 10.4. The van der Waals surface area contributed by atoms with Crippen LogP contribution in [0.2, 0.25) is 0 Å². The van der Waals surface area contributed by atoms with Crippen molar-refractivity contribution in [1.29, 1.82) is 0 Å². The standard InChI is InChI=1S/C11H20N2O5/c1-11(9(16)17,8-2-3-8)12-10(18)13(4-6-14)5-7-15/h8,14-15H,2-7H2,1H3,(H,12,18)(H,16,17). The predicted octanol–water partition coefficient (Wildman–Crippen LogP) is -0.764. The Balaban J connectivity index is 2.67. The highest BCUT2D eigenvalue weighted by molar-refractivity contribution is 5.86. The fourth-order valence-corrected chi connectivity index (χ4v) is 1.85. The third kappa shape index (κ3) is 3.33. The van der Waals surface area contributed by atoms with Gasteiger partial charge in [0.15, 0.2) is 0 Å². The number of carbonyl (C=O) groups is 2. The van der Waals surface area contributed by atoms with Gasteiger partial charge in [0.2, 0.25) is 0 Å². The number of carboxylic acids is 1. The number of rotatable bonds is 7. The molecule has 0 aliphatic heterocycles. The molecule has 1 unspecified atom stereocenters. The zero-order chi connectivity index (χ0) is 13.8. The lowest BCUT2D eigenvalue weighted by Crippen LogP contribution is -2.58. The van der Waals surface area contributed by atoms with Crippen molar-refractivity contribution in [2.45, 2.75) is 25.3 Å². The van der Waals surface area contributed by atoms with E-state index in [1.807, 2.05) is 0 Å². The lowest BCUT2D eigenvalue weighted by molar-refractivity contribution is -0.144. The molecule has 2 amide bonds. The minimum absolute atomic E-state index is 0.0518. The van der Waals surface area contributed by atoms with E-state index in [-0.39, 0.29) is 32.2 Å². The number of aliphatic hydroxyl groups is 2. The van der Waals surface area contributed by atoms with Crippen LogP contribution in [0.3, 0.4) is 0 Å². The molecule has 1 rings (SSSR count). The van der Waals surface area contributed by atoms with Gasteiger partial charge in [-0.05, 0) is 25.7 Å². The van der Waals surface area contributed by atoms with E-state index in [2.05, 4.69) is 5.32 Å². The molecule has 0 heterocycles. The number of amides is 2.